The first kappa shape index (κ1) is 18.7. The normalized spacial score (nSPS) is 12.0. The number of carbonyl (C=O) groups excluding carboxylic acids is 1. The van der Waals surface area contributed by atoms with Crippen molar-refractivity contribution in [3.05, 3.63) is 69.5 Å². The molecule has 24 heavy (non-hydrogen) atoms. The van der Waals surface area contributed by atoms with Crippen LogP contribution in [-0.2, 0) is 11.2 Å². The minimum Gasteiger partial charge on any atom is -0.351 e. The van der Waals surface area contributed by atoms with Gasteiger partial charge in [0.25, 0.3) is 5.91 Å². The van der Waals surface area contributed by atoms with Gasteiger partial charge in [-0.3, -0.25) is 4.79 Å². The summed E-state index contributed by atoms with van der Waals surface area (Å²) in [6.45, 7) is 2.82. The molecular formula is C18H20Cl2FN2O+. The molecule has 1 atom stereocenters. The summed E-state index contributed by atoms with van der Waals surface area (Å²) in [6, 6.07) is 11.7. The van der Waals surface area contributed by atoms with Crippen LogP contribution in [0, 0.1) is 5.82 Å². The van der Waals surface area contributed by atoms with Crippen LogP contribution in [-0.4, -0.2) is 19.0 Å². The second-order valence-corrected chi connectivity index (χ2v) is 6.46. The van der Waals surface area contributed by atoms with Gasteiger partial charge < -0.3 is 10.6 Å². The molecule has 0 aromatic heterocycles. The molecule has 1 amide bonds. The molecule has 0 heterocycles. The Kier molecular flexibility index (Phi) is 7.03. The van der Waals surface area contributed by atoms with Crippen LogP contribution in [0.4, 0.5) is 4.39 Å². The van der Waals surface area contributed by atoms with Crippen molar-refractivity contribution in [1.82, 2.24) is 5.32 Å². The van der Waals surface area contributed by atoms with E-state index in [1.807, 2.05) is 18.3 Å². The highest BCUT2D eigenvalue weighted by molar-refractivity contribution is 6.35. The number of halogens is 3. The van der Waals surface area contributed by atoms with E-state index in [9.17, 15) is 9.18 Å². The minimum absolute atomic E-state index is 0.0472. The molecule has 2 rings (SSSR count). The predicted molar refractivity (Wildman–Crippen MR) is 94.8 cm³/mol. The summed E-state index contributed by atoms with van der Waals surface area (Å²) in [6.07, 6.45) is 0.671. The molecule has 3 nitrogen and oxygen atoms in total. The smallest absolute Gasteiger partial charge is 0.275 e. The average molecular weight is 370 g/mol. The summed E-state index contributed by atoms with van der Waals surface area (Å²) < 4.78 is 12.8. The first-order valence-electron chi connectivity index (χ1n) is 7.75. The Balaban J connectivity index is 1.73. The topological polar surface area (TPSA) is 45.7 Å². The maximum absolute atomic E-state index is 12.8. The molecular weight excluding hydrogens is 350 g/mol. The highest BCUT2D eigenvalue weighted by Gasteiger charge is 2.14. The average Bonchev–Trinajstić information content (AvgIpc) is 2.54. The van der Waals surface area contributed by atoms with Crippen molar-refractivity contribution in [2.45, 2.75) is 19.4 Å². The zero-order valence-electron chi connectivity index (χ0n) is 13.4. The molecule has 0 fully saturated rings. The summed E-state index contributed by atoms with van der Waals surface area (Å²) in [7, 11) is 0. The van der Waals surface area contributed by atoms with E-state index in [2.05, 4.69) is 5.32 Å². The first-order chi connectivity index (χ1) is 11.5. The first-order valence-corrected chi connectivity index (χ1v) is 8.50. The highest BCUT2D eigenvalue weighted by Crippen LogP contribution is 2.24. The molecule has 0 radical (unpaired) electrons. The van der Waals surface area contributed by atoms with Gasteiger partial charge in [0.1, 0.15) is 11.9 Å². The lowest BCUT2D eigenvalue weighted by Gasteiger charge is -2.13. The van der Waals surface area contributed by atoms with Crippen molar-refractivity contribution < 1.29 is 14.5 Å². The van der Waals surface area contributed by atoms with Gasteiger partial charge in [-0.2, -0.15) is 0 Å². The van der Waals surface area contributed by atoms with Crippen molar-refractivity contribution in [1.29, 1.82) is 0 Å². The van der Waals surface area contributed by atoms with Gasteiger partial charge in [-0.1, -0.05) is 41.4 Å². The zero-order valence-corrected chi connectivity index (χ0v) is 14.9. The third-order valence-electron chi connectivity index (χ3n) is 3.76. The van der Waals surface area contributed by atoms with Crippen LogP contribution in [0.1, 0.15) is 24.1 Å². The summed E-state index contributed by atoms with van der Waals surface area (Å²) in [5, 5.41) is 5.97. The number of quaternary nitrogens is 1. The summed E-state index contributed by atoms with van der Waals surface area (Å²) in [5.41, 5.74) is 1.93. The molecule has 3 N–H and O–H groups in total. The Morgan fingerprint density at radius 2 is 1.92 bits per heavy atom. The second-order valence-electron chi connectivity index (χ2n) is 5.62. The number of rotatable bonds is 7. The molecule has 0 aliphatic rings. The van der Waals surface area contributed by atoms with Gasteiger partial charge in [0, 0.05) is 17.1 Å². The fraction of sp³-hybridized carbons (Fsp3) is 0.278. The summed E-state index contributed by atoms with van der Waals surface area (Å²) in [5.74, 6) is -0.304. The van der Waals surface area contributed by atoms with Crippen molar-refractivity contribution in [3.8, 4) is 0 Å². The third kappa shape index (κ3) is 5.78. The number of nitrogens with two attached hydrogens (primary N) is 1. The molecule has 0 aliphatic carbocycles. The van der Waals surface area contributed by atoms with E-state index in [1.165, 1.54) is 12.1 Å². The van der Waals surface area contributed by atoms with Crippen LogP contribution in [0.15, 0.2) is 42.5 Å². The standard InChI is InChI=1S/C18H19Cl2FN2O/c1-12(16-7-4-14(19)10-17(16)20)23-11-18(24)22-9-8-13-2-5-15(21)6-3-13/h2-7,10,12,23H,8-9,11H2,1H3,(H,22,24)/p+1/t12-/m1/s1. The van der Waals surface area contributed by atoms with E-state index in [-0.39, 0.29) is 17.8 Å². The van der Waals surface area contributed by atoms with Crippen LogP contribution in [0.3, 0.4) is 0 Å². The van der Waals surface area contributed by atoms with E-state index < -0.39 is 0 Å². The van der Waals surface area contributed by atoms with Crippen LogP contribution < -0.4 is 10.6 Å². The van der Waals surface area contributed by atoms with Crippen LogP contribution in [0.25, 0.3) is 0 Å². The number of amides is 1. The van der Waals surface area contributed by atoms with Gasteiger partial charge in [-0.05, 0) is 43.2 Å². The Labute approximate surface area is 151 Å². The van der Waals surface area contributed by atoms with E-state index >= 15 is 0 Å². The number of hydrogen-bond donors (Lipinski definition) is 2. The van der Waals surface area contributed by atoms with Gasteiger partial charge in [-0.15, -0.1) is 0 Å². The number of benzene rings is 2. The molecule has 2 aromatic carbocycles. The maximum Gasteiger partial charge on any atom is 0.275 e. The lowest BCUT2D eigenvalue weighted by atomic mass is 10.1. The third-order valence-corrected chi connectivity index (χ3v) is 4.32. The molecule has 0 bridgehead atoms. The van der Waals surface area contributed by atoms with Gasteiger partial charge in [-0.25, -0.2) is 4.39 Å². The Morgan fingerprint density at radius 3 is 2.58 bits per heavy atom. The molecule has 0 saturated carbocycles. The van der Waals surface area contributed by atoms with Gasteiger partial charge >= 0.3 is 0 Å². The van der Waals surface area contributed by atoms with E-state index in [0.717, 1.165) is 11.1 Å². The fourth-order valence-electron chi connectivity index (χ4n) is 2.35. The van der Waals surface area contributed by atoms with E-state index in [1.54, 1.807) is 24.3 Å². The Morgan fingerprint density at radius 1 is 1.21 bits per heavy atom. The lowest BCUT2D eigenvalue weighted by molar-refractivity contribution is -0.682. The molecule has 0 spiro atoms. The van der Waals surface area contributed by atoms with Gasteiger partial charge in [0.2, 0.25) is 0 Å². The maximum atomic E-state index is 12.8. The van der Waals surface area contributed by atoms with Crippen LogP contribution in [0.2, 0.25) is 10.0 Å². The van der Waals surface area contributed by atoms with Crippen LogP contribution >= 0.6 is 23.2 Å². The highest BCUT2D eigenvalue weighted by atomic mass is 35.5. The van der Waals surface area contributed by atoms with Crippen molar-refractivity contribution in [2.75, 3.05) is 13.1 Å². The SMILES string of the molecule is C[C@@H]([NH2+]CC(=O)NCCc1ccc(F)cc1)c1ccc(Cl)cc1Cl. The van der Waals surface area contributed by atoms with E-state index in [4.69, 9.17) is 23.2 Å². The molecule has 0 saturated heterocycles. The molecule has 2 aromatic rings. The van der Waals surface area contributed by atoms with Crippen molar-refractivity contribution >= 4 is 29.1 Å². The fourth-order valence-corrected chi connectivity index (χ4v) is 2.93. The monoisotopic (exact) mass is 369 g/mol. The van der Waals surface area contributed by atoms with Gasteiger partial charge in [0.05, 0.1) is 5.02 Å². The summed E-state index contributed by atoms with van der Waals surface area (Å²) >= 11 is 12.1. The second kappa shape index (κ2) is 9.02. The van der Waals surface area contributed by atoms with Crippen molar-refractivity contribution in [3.63, 3.8) is 0 Å². The molecule has 6 heteroatoms. The Hall–Kier alpha value is -1.62. The van der Waals surface area contributed by atoms with Crippen molar-refractivity contribution in [2.24, 2.45) is 0 Å². The molecule has 128 valence electrons. The van der Waals surface area contributed by atoms with Crippen LogP contribution in [0.5, 0.6) is 0 Å². The minimum atomic E-state index is -0.257. The summed E-state index contributed by atoms with van der Waals surface area (Å²) in [4.78, 5) is 11.9. The molecule has 0 unspecified atom stereocenters. The lowest BCUT2D eigenvalue weighted by Crippen LogP contribution is -2.87. The number of carbonyl (C=O) groups is 1. The Bertz CT molecular complexity index is 692. The predicted octanol–water partition coefficient (Wildman–Crippen LogP) is 3.12. The van der Waals surface area contributed by atoms with E-state index in [0.29, 0.717) is 29.6 Å². The zero-order chi connectivity index (χ0) is 17.5. The largest absolute Gasteiger partial charge is 0.351 e. The number of hydrogen-bond acceptors (Lipinski definition) is 1. The quantitative estimate of drug-likeness (QED) is 0.773. The molecule has 0 aliphatic heterocycles. The van der Waals surface area contributed by atoms with Gasteiger partial charge in [0.15, 0.2) is 6.54 Å². The number of nitrogens with one attached hydrogen (secondary N) is 1.